The van der Waals surface area contributed by atoms with E-state index in [2.05, 4.69) is 10.6 Å². The zero-order valence-electron chi connectivity index (χ0n) is 11.4. The van der Waals surface area contributed by atoms with Crippen LogP contribution in [0.2, 0.25) is 0 Å². The highest BCUT2D eigenvalue weighted by molar-refractivity contribution is 7.15. The summed E-state index contributed by atoms with van der Waals surface area (Å²) in [6.07, 6.45) is 6.52. The molecule has 0 aromatic carbocycles. The molecule has 3 atom stereocenters. The average molecular weight is 304 g/mol. The SMILES string of the molecule is O=C(N[C@@H]1C[C@H]2CC[C@@H]1N2)c1ccc(Oc2ccoc2)s1. The summed E-state index contributed by atoms with van der Waals surface area (Å²) in [6.45, 7) is 0. The van der Waals surface area contributed by atoms with Gasteiger partial charge in [-0.3, -0.25) is 4.79 Å². The zero-order valence-corrected chi connectivity index (χ0v) is 12.2. The molecular formula is C15H16N2O3S. The molecule has 1 amide bonds. The summed E-state index contributed by atoms with van der Waals surface area (Å²) in [6, 6.07) is 6.64. The van der Waals surface area contributed by atoms with E-state index in [0.29, 0.717) is 27.8 Å². The van der Waals surface area contributed by atoms with Crippen LogP contribution in [0.1, 0.15) is 28.9 Å². The lowest BCUT2D eigenvalue weighted by Gasteiger charge is -2.20. The highest BCUT2D eigenvalue weighted by Crippen LogP contribution is 2.31. The third-order valence-corrected chi connectivity index (χ3v) is 5.10. The van der Waals surface area contributed by atoms with Crippen molar-refractivity contribution in [3.63, 3.8) is 0 Å². The van der Waals surface area contributed by atoms with Crippen molar-refractivity contribution in [1.82, 2.24) is 10.6 Å². The van der Waals surface area contributed by atoms with Crippen molar-refractivity contribution >= 4 is 17.2 Å². The molecule has 6 heteroatoms. The molecule has 21 heavy (non-hydrogen) atoms. The van der Waals surface area contributed by atoms with Gasteiger partial charge in [-0.1, -0.05) is 11.3 Å². The zero-order chi connectivity index (χ0) is 14.2. The van der Waals surface area contributed by atoms with E-state index in [1.54, 1.807) is 18.4 Å². The summed E-state index contributed by atoms with van der Waals surface area (Å²) in [4.78, 5) is 13.0. The van der Waals surface area contributed by atoms with Crippen molar-refractivity contribution in [1.29, 1.82) is 0 Å². The summed E-state index contributed by atoms with van der Waals surface area (Å²) < 4.78 is 10.6. The standard InChI is InChI=1S/C15H16N2O3S/c18-15(17-12-7-9-1-2-11(12)16-9)13-3-4-14(21-13)20-10-5-6-19-8-10/h3-6,8-9,11-12,16H,1-2,7H2,(H,17,18)/t9-,11+,12-/m1/s1. The molecular weight excluding hydrogens is 288 g/mol. The molecule has 4 rings (SSSR count). The minimum Gasteiger partial charge on any atom is -0.469 e. The third-order valence-electron chi connectivity index (χ3n) is 4.14. The number of carbonyl (C=O) groups excluding carboxylic acids is 1. The van der Waals surface area contributed by atoms with Crippen molar-refractivity contribution < 1.29 is 13.9 Å². The maximum Gasteiger partial charge on any atom is 0.261 e. The van der Waals surface area contributed by atoms with Gasteiger partial charge in [-0.25, -0.2) is 0 Å². The fourth-order valence-corrected chi connectivity index (χ4v) is 3.92. The van der Waals surface area contributed by atoms with Crippen LogP contribution in [0, 0.1) is 0 Å². The molecule has 110 valence electrons. The molecule has 5 nitrogen and oxygen atoms in total. The summed E-state index contributed by atoms with van der Waals surface area (Å²) in [7, 11) is 0. The molecule has 0 spiro atoms. The van der Waals surface area contributed by atoms with Crippen LogP contribution in [0.3, 0.4) is 0 Å². The van der Waals surface area contributed by atoms with Gasteiger partial charge in [-0.05, 0) is 31.4 Å². The first-order valence-electron chi connectivity index (χ1n) is 7.15. The first-order chi connectivity index (χ1) is 10.3. The first-order valence-corrected chi connectivity index (χ1v) is 7.96. The Kier molecular flexibility index (Phi) is 3.20. The summed E-state index contributed by atoms with van der Waals surface area (Å²) in [5.41, 5.74) is 0. The van der Waals surface area contributed by atoms with Crippen LogP contribution in [0.4, 0.5) is 0 Å². The molecule has 2 fully saturated rings. The van der Waals surface area contributed by atoms with Gasteiger partial charge in [-0.2, -0.15) is 0 Å². The van der Waals surface area contributed by atoms with Gasteiger partial charge in [0, 0.05) is 24.2 Å². The Bertz CT molecular complexity index is 637. The lowest BCUT2D eigenvalue weighted by Crippen LogP contribution is -2.42. The normalized spacial score (nSPS) is 27.0. The van der Waals surface area contributed by atoms with Crippen LogP contribution >= 0.6 is 11.3 Å². The van der Waals surface area contributed by atoms with Crippen LogP contribution in [-0.4, -0.2) is 24.0 Å². The van der Waals surface area contributed by atoms with E-state index in [9.17, 15) is 4.79 Å². The van der Waals surface area contributed by atoms with E-state index in [4.69, 9.17) is 9.15 Å². The van der Waals surface area contributed by atoms with Gasteiger partial charge in [0.2, 0.25) is 0 Å². The van der Waals surface area contributed by atoms with Crippen molar-refractivity contribution in [2.24, 2.45) is 0 Å². The van der Waals surface area contributed by atoms with Gasteiger partial charge >= 0.3 is 0 Å². The lowest BCUT2D eigenvalue weighted by atomic mass is 9.95. The topological polar surface area (TPSA) is 63.5 Å². The smallest absolute Gasteiger partial charge is 0.261 e. The van der Waals surface area contributed by atoms with Gasteiger partial charge in [0.05, 0.1) is 11.1 Å². The second kappa shape index (κ2) is 5.20. The molecule has 0 unspecified atom stereocenters. The quantitative estimate of drug-likeness (QED) is 0.911. The van der Waals surface area contributed by atoms with Gasteiger partial charge in [0.1, 0.15) is 6.26 Å². The summed E-state index contributed by atoms with van der Waals surface area (Å²) in [5, 5.41) is 7.34. The van der Waals surface area contributed by atoms with Crippen LogP contribution in [0.25, 0.3) is 0 Å². The van der Waals surface area contributed by atoms with E-state index >= 15 is 0 Å². The van der Waals surface area contributed by atoms with E-state index in [1.807, 2.05) is 6.07 Å². The van der Waals surface area contributed by atoms with Gasteiger partial charge in [0.15, 0.2) is 10.8 Å². The van der Waals surface area contributed by atoms with E-state index < -0.39 is 0 Å². The summed E-state index contributed by atoms with van der Waals surface area (Å²) >= 11 is 1.35. The van der Waals surface area contributed by atoms with Crippen LogP contribution < -0.4 is 15.4 Å². The molecule has 2 aliphatic heterocycles. The second-order valence-electron chi connectivity index (χ2n) is 5.54. The third kappa shape index (κ3) is 2.56. The number of amides is 1. The highest BCUT2D eigenvalue weighted by Gasteiger charge is 2.39. The molecule has 0 radical (unpaired) electrons. The average Bonchev–Trinajstić information content (AvgIpc) is 3.24. The number of carbonyl (C=O) groups is 1. The predicted octanol–water partition coefficient (Wildman–Crippen LogP) is 2.76. The molecule has 2 aromatic rings. The van der Waals surface area contributed by atoms with E-state index in [0.717, 1.165) is 12.8 Å². The molecule has 2 N–H and O–H groups in total. The van der Waals surface area contributed by atoms with E-state index in [1.165, 1.54) is 24.0 Å². The molecule has 2 aliphatic rings. The fraction of sp³-hybridized carbons (Fsp3) is 0.400. The number of hydrogen-bond acceptors (Lipinski definition) is 5. The number of nitrogens with one attached hydrogen (secondary N) is 2. The van der Waals surface area contributed by atoms with Crippen LogP contribution in [-0.2, 0) is 0 Å². The van der Waals surface area contributed by atoms with Gasteiger partial charge < -0.3 is 19.8 Å². The Morgan fingerprint density at radius 2 is 2.33 bits per heavy atom. The molecule has 2 saturated heterocycles. The Balaban J connectivity index is 1.39. The fourth-order valence-electron chi connectivity index (χ4n) is 3.15. The minimum absolute atomic E-state index is 0.0126. The molecule has 0 aliphatic carbocycles. The van der Waals surface area contributed by atoms with Crippen molar-refractivity contribution in [2.45, 2.75) is 37.4 Å². The van der Waals surface area contributed by atoms with Crippen molar-refractivity contribution in [2.75, 3.05) is 0 Å². The monoisotopic (exact) mass is 304 g/mol. The number of fused-ring (bicyclic) bond motifs is 2. The molecule has 2 aromatic heterocycles. The first kappa shape index (κ1) is 12.9. The van der Waals surface area contributed by atoms with Crippen molar-refractivity contribution in [3.8, 4) is 10.8 Å². The minimum atomic E-state index is -0.0126. The molecule has 2 bridgehead atoms. The van der Waals surface area contributed by atoms with Crippen LogP contribution in [0.5, 0.6) is 10.8 Å². The number of furan rings is 1. The Hall–Kier alpha value is -1.79. The highest BCUT2D eigenvalue weighted by atomic mass is 32.1. The second-order valence-corrected chi connectivity index (χ2v) is 6.59. The number of rotatable bonds is 4. The van der Waals surface area contributed by atoms with Crippen molar-refractivity contribution in [3.05, 3.63) is 35.6 Å². The predicted molar refractivity (Wildman–Crippen MR) is 78.9 cm³/mol. The maximum atomic E-state index is 12.3. The lowest BCUT2D eigenvalue weighted by molar-refractivity contribution is 0.0935. The number of thiophene rings is 1. The largest absolute Gasteiger partial charge is 0.469 e. The Morgan fingerprint density at radius 3 is 3.05 bits per heavy atom. The van der Waals surface area contributed by atoms with E-state index in [-0.39, 0.29) is 11.9 Å². The number of ether oxygens (including phenoxy) is 1. The van der Waals surface area contributed by atoms with Gasteiger partial charge in [0.25, 0.3) is 5.91 Å². The molecule has 0 saturated carbocycles. The number of hydrogen-bond donors (Lipinski definition) is 2. The Morgan fingerprint density at radius 1 is 1.38 bits per heavy atom. The maximum absolute atomic E-state index is 12.3. The summed E-state index contributed by atoms with van der Waals surface area (Å²) in [5.74, 6) is 0.627. The van der Waals surface area contributed by atoms with Gasteiger partial charge in [-0.15, -0.1) is 0 Å². The van der Waals surface area contributed by atoms with Crippen LogP contribution in [0.15, 0.2) is 35.1 Å². The Labute approximate surface area is 126 Å². The molecule has 4 heterocycles.